The minimum atomic E-state index is -1.13. The zero-order valence-corrected chi connectivity index (χ0v) is 18.2. The molecule has 30 heavy (non-hydrogen) atoms. The molecule has 2 aliphatic heterocycles. The summed E-state index contributed by atoms with van der Waals surface area (Å²) in [6, 6.07) is 0. The molecule has 0 aromatic rings. The smallest absolute Gasteiger partial charge is 0.306 e. The third kappa shape index (κ3) is 2.80. The fraction of sp³-hybridized carbons (Fsp3) is 0.818. The van der Waals surface area contributed by atoms with Crippen LogP contribution in [-0.2, 0) is 28.5 Å². The first-order valence-electron chi connectivity index (χ1n) is 10.7. The Morgan fingerprint density at radius 3 is 2.57 bits per heavy atom. The molecule has 0 amide bonds. The summed E-state index contributed by atoms with van der Waals surface area (Å²) in [5.74, 6) is -0.584. The highest BCUT2D eigenvalue weighted by Gasteiger charge is 2.85. The number of rotatable bonds is 5. The lowest BCUT2D eigenvalue weighted by atomic mass is 10.5. The standard InChI is InChI=1S/C22H32O8/c1-11(2)6-16(24)29-14-8-21(9-27-13(4)23)15(7-12(14)3)30-19-17(25)18(26)20(21,5)22(19)10-28-22/h7,11,14-15,17-19,25-26H,6,8-10H2,1-5H3/t14-,15+,17+,18+,19-,20+,21+,22-/m0/s1/i1+1,2+1,3+1,4+1,5+1,6+1,7+1,8+1,9+1,10+1,11+1,12+1,13+1,14+1,15+1,16+1,17+1,18+1,19+1,20+1,21+1,22+1. The molecule has 2 saturated heterocycles. The zero-order chi connectivity index (χ0) is 22.1. The maximum absolute atomic E-state index is 12.4. The van der Waals surface area contributed by atoms with Crippen LogP contribution in [0.5, 0.6) is 0 Å². The van der Waals surface area contributed by atoms with Crippen molar-refractivity contribution in [3.05, 3.63) is 11.6 Å². The average molecular weight is 446 g/mol. The lowest BCUT2D eigenvalue weighted by molar-refractivity contribution is -0.239. The maximum Gasteiger partial charge on any atom is 0.306 e. The molecule has 2 N–H and O–H groups in total. The highest BCUT2D eigenvalue weighted by atomic mass is 16.9. The van der Waals surface area contributed by atoms with Crippen LogP contribution in [0.25, 0.3) is 0 Å². The maximum atomic E-state index is 12.4. The van der Waals surface area contributed by atoms with Crippen LogP contribution in [0.3, 0.4) is 0 Å². The molecule has 3 fully saturated rings. The van der Waals surface area contributed by atoms with E-state index in [4.69, 9.17) is 18.9 Å². The number of fused-ring (bicyclic) bond motifs is 2. The summed E-state index contributed by atoms with van der Waals surface area (Å²) in [6.07, 6.45) is -1.50. The molecule has 1 spiro atoms. The van der Waals surface area contributed by atoms with Gasteiger partial charge in [-0.1, -0.05) is 26.8 Å². The molecule has 2 heterocycles. The molecule has 4 aliphatic rings. The molecule has 2 aliphatic carbocycles. The predicted molar refractivity (Wildman–Crippen MR) is 104 cm³/mol. The number of esters is 2. The van der Waals surface area contributed by atoms with Crippen molar-refractivity contribution in [3.8, 4) is 0 Å². The van der Waals surface area contributed by atoms with Gasteiger partial charge in [0.05, 0.1) is 18.8 Å². The number of ether oxygens (including phenoxy) is 4. The van der Waals surface area contributed by atoms with Crippen molar-refractivity contribution < 1.29 is 38.7 Å². The minimum Gasteiger partial charge on any atom is -0.465 e. The Hall–Kier alpha value is -1.48. The van der Waals surface area contributed by atoms with Crippen molar-refractivity contribution in [2.45, 2.75) is 83.6 Å². The van der Waals surface area contributed by atoms with Crippen LogP contribution in [0.4, 0.5) is 0 Å². The molecule has 8 heteroatoms. The van der Waals surface area contributed by atoms with Gasteiger partial charge in [-0.3, -0.25) is 9.59 Å². The first-order valence-corrected chi connectivity index (χ1v) is 10.7. The Labute approximate surface area is 176 Å². The summed E-state index contributed by atoms with van der Waals surface area (Å²) < 4.78 is 23.4. The quantitative estimate of drug-likeness (QED) is 0.280. The Balaban J connectivity index is 1.75. The van der Waals surface area contributed by atoms with Crippen LogP contribution in [0.1, 0.15) is 47.5 Å². The van der Waals surface area contributed by atoms with Gasteiger partial charge >= 0.3 is 11.9 Å². The summed E-state index contributed by atoms with van der Waals surface area (Å²) in [7, 11) is 0. The second-order valence-corrected chi connectivity index (χ2v) is 9.92. The van der Waals surface area contributed by atoms with Crippen molar-refractivity contribution in [1.82, 2.24) is 0 Å². The van der Waals surface area contributed by atoms with Crippen LogP contribution in [0.15, 0.2) is 11.6 Å². The minimum absolute atomic E-state index is 0.0346. The highest BCUT2D eigenvalue weighted by Crippen LogP contribution is 2.71. The monoisotopic (exact) mass is 446 g/mol. The highest BCUT2D eigenvalue weighted by molar-refractivity contribution is 5.70. The van der Waals surface area contributed by atoms with E-state index in [1.165, 1.54) is 6.92 Å². The third-order valence-corrected chi connectivity index (χ3v) is 7.74. The molecule has 0 aromatic heterocycles. The first-order chi connectivity index (χ1) is 14.0. The predicted octanol–water partition coefficient (Wildman–Crippen LogP) is 1.12. The molecule has 2 bridgehead atoms. The summed E-state index contributed by atoms with van der Waals surface area (Å²) in [4.78, 5) is 24.1. The van der Waals surface area contributed by atoms with Crippen molar-refractivity contribution in [2.24, 2.45) is 16.7 Å². The Morgan fingerprint density at radius 2 is 2.00 bits per heavy atom. The van der Waals surface area contributed by atoms with Gasteiger partial charge in [-0.2, -0.15) is 0 Å². The van der Waals surface area contributed by atoms with Crippen LogP contribution >= 0.6 is 0 Å². The second-order valence-electron chi connectivity index (χ2n) is 9.92. The fourth-order valence-corrected chi connectivity index (χ4v) is 5.92. The molecule has 168 valence electrons. The lowest BCUT2D eigenvalue weighted by Gasteiger charge is -2.58. The number of hydrogen-bond acceptors (Lipinski definition) is 8. The van der Waals surface area contributed by atoms with Crippen LogP contribution in [0.2, 0.25) is 0 Å². The SMILES string of the molecule is [13CH3][13C](=O)O[13CH2][13C@]12[13CH2][13C@H](O[13C](=O)[13CH2][13CH]([13CH3])[13CH3])[13C]([13CH3])=[13CH][13C@H]1O[13C@H]1[13C@H](O)[13C@@H](O)[13C@@]2([13CH3])[13C@]12[13CH2]O2. The van der Waals surface area contributed by atoms with E-state index in [9.17, 15) is 19.8 Å². The Bertz CT molecular complexity index is 771. The largest absolute Gasteiger partial charge is 0.465 e. The van der Waals surface area contributed by atoms with Gasteiger partial charge in [-0.15, -0.1) is 0 Å². The average Bonchev–Trinajstić information content (AvgIpc) is 3.43. The van der Waals surface area contributed by atoms with Crippen molar-refractivity contribution in [2.75, 3.05) is 13.2 Å². The van der Waals surface area contributed by atoms with Crippen LogP contribution < -0.4 is 0 Å². The number of epoxide rings is 1. The van der Waals surface area contributed by atoms with E-state index in [1.54, 1.807) is 0 Å². The zero-order valence-electron chi connectivity index (χ0n) is 18.2. The van der Waals surface area contributed by atoms with Gasteiger partial charge in [0.1, 0.15) is 30.5 Å². The van der Waals surface area contributed by atoms with E-state index in [2.05, 4.69) is 0 Å². The van der Waals surface area contributed by atoms with Gasteiger partial charge in [-0.05, 0) is 18.4 Å². The van der Waals surface area contributed by atoms with E-state index < -0.39 is 52.9 Å². The van der Waals surface area contributed by atoms with Gasteiger partial charge < -0.3 is 29.2 Å². The molecule has 8 nitrogen and oxygen atoms in total. The van der Waals surface area contributed by atoms with Gasteiger partial charge in [0.25, 0.3) is 0 Å². The topological polar surface area (TPSA) is 115 Å². The molecule has 0 radical (unpaired) electrons. The first kappa shape index (κ1) is 21.7. The number of carbonyl (C=O) groups excluding carboxylic acids is 2. The number of aliphatic hydroxyl groups is 2. The summed E-state index contributed by atoms with van der Waals surface area (Å²) in [5.41, 5.74) is -1.89. The van der Waals surface area contributed by atoms with Crippen LogP contribution in [-0.4, -0.2) is 71.5 Å². The number of aliphatic hydroxyl groups excluding tert-OH is 2. The molecule has 0 unspecified atom stereocenters. The fourth-order valence-electron chi connectivity index (χ4n) is 5.92. The number of hydrogen-bond donors (Lipinski definition) is 2. The van der Waals surface area contributed by atoms with Crippen molar-refractivity contribution >= 4 is 11.9 Å². The molecule has 4 rings (SSSR count). The molecule has 1 saturated carbocycles. The van der Waals surface area contributed by atoms with Crippen molar-refractivity contribution in [1.29, 1.82) is 0 Å². The molecule has 8 atom stereocenters. The molecular formula is C22H32O8. The number of carbonyl (C=O) groups is 2. The van der Waals surface area contributed by atoms with Gasteiger partial charge in [-0.25, -0.2) is 0 Å². The Morgan fingerprint density at radius 1 is 1.33 bits per heavy atom. The third-order valence-electron chi connectivity index (χ3n) is 7.74. The molecule has 0 aromatic carbocycles. The summed E-state index contributed by atoms with van der Waals surface area (Å²) in [5, 5.41) is 21.9. The summed E-state index contributed by atoms with van der Waals surface area (Å²) >= 11 is 0. The normalized spacial score (nSPS) is 46.4. The molecular weight excluding hydrogens is 414 g/mol. The van der Waals surface area contributed by atoms with E-state index in [0.717, 1.165) is 5.57 Å². The second kappa shape index (κ2) is 7.02. The van der Waals surface area contributed by atoms with Gasteiger partial charge in [0, 0.05) is 30.6 Å². The van der Waals surface area contributed by atoms with Crippen molar-refractivity contribution in [3.63, 3.8) is 0 Å². The Kier molecular flexibility index (Phi) is 5.09. The van der Waals surface area contributed by atoms with E-state index >= 15 is 0 Å². The summed E-state index contributed by atoms with van der Waals surface area (Å²) in [6.45, 7) is 9.28. The lowest BCUT2D eigenvalue weighted by Crippen LogP contribution is -2.67. The van der Waals surface area contributed by atoms with Gasteiger partial charge in [0.15, 0.2) is 0 Å². The van der Waals surface area contributed by atoms with E-state index in [1.807, 2.05) is 33.8 Å². The van der Waals surface area contributed by atoms with E-state index in [0.29, 0.717) is 19.4 Å². The van der Waals surface area contributed by atoms with Crippen LogP contribution in [0, 0.1) is 16.7 Å². The van der Waals surface area contributed by atoms with E-state index in [-0.39, 0.29) is 18.5 Å². The van der Waals surface area contributed by atoms with Gasteiger partial charge in [0.2, 0.25) is 0 Å².